The van der Waals surface area contributed by atoms with Crippen LogP contribution >= 0.6 is 11.6 Å². The number of carbonyl (C=O) groups is 2. The summed E-state index contributed by atoms with van der Waals surface area (Å²) >= 11 is 6.27. The average molecular weight is 486 g/mol. The number of aliphatic hydroxyl groups excluding tert-OH is 1. The number of alkyl halides is 2. The van der Waals surface area contributed by atoms with E-state index >= 15 is 0 Å². The molecule has 0 aliphatic carbocycles. The summed E-state index contributed by atoms with van der Waals surface area (Å²) in [5.41, 5.74) is 3.13. The zero-order chi connectivity index (χ0) is 25.0. The van der Waals surface area contributed by atoms with Gasteiger partial charge in [0.1, 0.15) is 11.9 Å². The zero-order valence-electron chi connectivity index (χ0n) is 19.2. The Morgan fingerprint density at radius 1 is 0.971 bits per heavy atom. The number of rotatable bonds is 8. The highest BCUT2D eigenvalue weighted by Crippen LogP contribution is 2.32. The Balaban J connectivity index is 1.62. The summed E-state index contributed by atoms with van der Waals surface area (Å²) < 4.78 is 27.8. The fourth-order valence-corrected chi connectivity index (χ4v) is 3.92. The van der Waals surface area contributed by atoms with E-state index in [0.29, 0.717) is 21.8 Å². The highest BCUT2D eigenvalue weighted by Gasteiger charge is 2.37. The summed E-state index contributed by atoms with van der Waals surface area (Å²) in [6.07, 6.45) is -1.56. The van der Waals surface area contributed by atoms with Gasteiger partial charge in [-0.15, -0.1) is 0 Å². The smallest absolute Gasteiger partial charge is 0.298 e. The van der Waals surface area contributed by atoms with Crippen LogP contribution < -0.4 is 4.90 Å². The number of hydrogen-bond donors (Lipinski definition) is 1. The number of anilines is 1. The van der Waals surface area contributed by atoms with Crippen LogP contribution in [0.25, 0.3) is 0 Å². The molecule has 0 spiro atoms. The molecular weight excluding hydrogens is 460 g/mol. The maximum atomic E-state index is 13.9. The third kappa shape index (κ3) is 5.88. The van der Waals surface area contributed by atoms with E-state index < -0.39 is 12.0 Å². The molecule has 0 bridgehead atoms. The summed E-state index contributed by atoms with van der Waals surface area (Å²) in [6, 6.07) is 17.6. The maximum Gasteiger partial charge on any atom is 0.298 e. The molecule has 0 radical (unpaired) electrons. The van der Waals surface area contributed by atoms with Crippen LogP contribution in [0.5, 0.6) is 0 Å². The molecule has 7 heteroatoms. The van der Waals surface area contributed by atoms with Crippen molar-refractivity contribution in [2.45, 2.75) is 38.7 Å². The minimum atomic E-state index is -3.35. The van der Waals surface area contributed by atoms with Crippen LogP contribution in [0, 0.1) is 6.92 Å². The average Bonchev–Trinajstić information content (AvgIpc) is 2.79. The van der Waals surface area contributed by atoms with Gasteiger partial charge in [0.05, 0.1) is 10.7 Å². The Hall–Kier alpha value is -3.09. The Bertz CT molecular complexity index is 1180. The van der Waals surface area contributed by atoms with Crippen molar-refractivity contribution in [3.8, 4) is 0 Å². The van der Waals surface area contributed by atoms with Crippen LogP contribution in [-0.2, 0) is 23.6 Å². The lowest BCUT2D eigenvalue weighted by Crippen LogP contribution is -2.27. The van der Waals surface area contributed by atoms with Gasteiger partial charge in [0.25, 0.3) is 11.8 Å². The summed E-state index contributed by atoms with van der Waals surface area (Å²) in [5.74, 6) is -3.66. The molecule has 1 atom stereocenters. The Labute approximate surface area is 202 Å². The topological polar surface area (TPSA) is 57.6 Å². The van der Waals surface area contributed by atoms with E-state index in [1.807, 2.05) is 13.0 Å². The van der Waals surface area contributed by atoms with Crippen molar-refractivity contribution in [3.63, 3.8) is 0 Å². The van der Waals surface area contributed by atoms with Gasteiger partial charge < -0.3 is 10.0 Å². The lowest BCUT2D eigenvalue weighted by atomic mass is 9.98. The Kier molecular flexibility index (Phi) is 7.85. The first-order valence-electron chi connectivity index (χ1n) is 10.8. The van der Waals surface area contributed by atoms with Crippen LogP contribution in [-0.4, -0.2) is 29.9 Å². The van der Waals surface area contributed by atoms with Crippen molar-refractivity contribution in [1.82, 2.24) is 0 Å². The van der Waals surface area contributed by atoms with Crippen LogP contribution in [0.15, 0.2) is 66.7 Å². The molecule has 4 nitrogen and oxygen atoms in total. The van der Waals surface area contributed by atoms with E-state index in [9.17, 15) is 23.5 Å². The number of carbonyl (C=O) groups excluding carboxylic acids is 2. The van der Waals surface area contributed by atoms with Crippen molar-refractivity contribution in [2.75, 3.05) is 11.9 Å². The van der Waals surface area contributed by atoms with Gasteiger partial charge in [0, 0.05) is 31.0 Å². The minimum Gasteiger partial charge on any atom is -0.387 e. The van der Waals surface area contributed by atoms with Gasteiger partial charge in [-0.2, -0.15) is 8.78 Å². The molecule has 0 aromatic heterocycles. The van der Waals surface area contributed by atoms with Crippen molar-refractivity contribution in [3.05, 3.63) is 99.6 Å². The first kappa shape index (κ1) is 25.5. The molecule has 0 fully saturated rings. The molecule has 0 saturated heterocycles. The fourth-order valence-electron chi connectivity index (χ4n) is 3.56. The molecule has 0 aliphatic heterocycles. The van der Waals surface area contributed by atoms with Gasteiger partial charge in [-0.1, -0.05) is 54.1 Å². The molecule has 0 aliphatic rings. The lowest BCUT2D eigenvalue weighted by Gasteiger charge is -2.19. The molecule has 3 aromatic carbocycles. The van der Waals surface area contributed by atoms with E-state index in [4.69, 9.17) is 11.6 Å². The number of halogens is 3. The van der Waals surface area contributed by atoms with E-state index in [-0.39, 0.29) is 30.1 Å². The predicted octanol–water partition coefficient (Wildman–Crippen LogP) is 5.75. The monoisotopic (exact) mass is 485 g/mol. The van der Waals surface area contributed by atoms with Crippen LogP contribution in [0.4, 0.5) is 14.5 Å². The summed E-state index contributed by atoms with van der Waals surface area (Å²) in [5, 5.41) is 9.73. The minimum absolute atomic E-state index is 0.0855. The van der Waals surface area contributed by atoms with Gasteiger partial charge in [0.15, 0.2) is 0 Å². The molecule has 34 heavy (non-hydrogen) atoms. The van der Waals surface area contributed by atoms with Crippen molar-refractivity contribution in [1.29, 1.82) is 0 Å². The zero-order valence-corrected chi connectivity index (χ0v) is 19.9. The van der Waals surface area contributed by atoms with Crippen molar-refractivity contribution in [2.24, 2.45) is 0 Å². The summed E-state index contributed by atoms with van der Waals surface area (Å²) in [6.45, 7) is 2.95. The van der Waals surface area contributed by atoms with E-state index in [1.165, 1.54) is 29.2 Å². The first-order chi connectivity index (χ1) is 16.0. The molecule has 3 aromatic rings. The standard InChI is InChI=1S/C27H26ClF2NO3/c1-17-4-13-25(24(28)14-17)31(3)26(34)21-9-5-19(6-10-21)15-23(33)16-20-7-11-22(12-8-20)27(29,30)18(2)32/h4-14,18,32H,15-16H2,1-3H3/t18-/m0/s1. The second kappa shape index (κ2) is 10.5. The number of nitrogens with zero attached hydrogens (tertiary/aromatic N) is 1. The summed E-state index contributed by atoms with van der Waals surface area (Å²) in [7, 11) is 1.65. The summed E-state index contributed by atoms with van der Waals surface area (Å²) in [4.78, 5) is 26.8. The maximum absolute atomic E-state index is 13.9. The molecule has 0 saturated carbocycles. The second-order valence-electron chi connectivity index (χ2n) is 8.40. The fraction of sp³-hybridized carbons (Fsp3) is 0.259. The normalized spacial score (nSPS) is 12.3. The van der Waals surface area contributed by atoms with Gasteiger partial charge in [-0.3, -0.25) is 9.59 Å². The third-order valence-corrected chi connectivity index (χ3v) is 5.94. The molecule has 1 N–H and O–H groups in total. The number of ketones is 1. The van der Waals surface area contributed by atoms with Gasteiger partial charge >= 0.3 is 0 Å². The molecule has 178 valence electrons. The van der Waals surface area contributed by atoms with Crippen LogP contribution in [0.3, 0.4) is 0 Å². The largest absolute Gasteiger partial charge is 0.387 e. The lowest BCUT2D eigenvalue weighted by molar-refractivity contribution is -0.117. The van der Waals surface area contributed by atoms with Gasteiger partial charge in [-0.05, 0) is 54.8 Å². The number of Topliss-reactive ketones (excluding diaryl/α,β-unsaturated/α-hetero) is 1. The Morgan fingerprint density at radius 2 is 1.50 bits per heavy atom. The number of aryl methyl sites for hydroxylation is 1. The second-order valence-corrected chi connectivity index (χ2v) is 8.81. The van der Waals surface area contributed by atoms with Crippen LogP contribution in [0.1, 0.15) is 39.5 Å². The quantitative estimate of drug-likeness (QED) is 0.442. The SMILES string of the molecule is Cc1ccc(N(C)C(=O)c2ccc(CC(=O)Cc3ccc(C(F)(F)[C@H](C)O)cc3)cc2)c(Cl)c1. The Morgan fingerprint density at radius 3 is 2.00 bits per heavy atom. The molecule has 1 amide bonds. The van der Waals surface area contributed by atoms with E-state index in [0.717, 1.165) is 18.1 Å². The van der Waals surface area contributed by atoms with E-state index in [1.54, 1.807) is 43.4 Å². The first-order valence-corrected chi connectivity index (χ1v) is 11.2. The van der Waals surface area contributed by atoms with Gasteiger partial charge in [0.2, 0.25) is 0 Å². The molecule has 3 rings (SSSR count). The number of aliphatic hydroxyl groups is 1. The third-order valence-electron chi connectivity index (χ3n) is 5.64. The highest BCUT2D eigenvalue weighted by molar-refractivity contribution is 6.34. The molecular formula is C27H26ClF2NO3. The number of hydrogen-bond acceptors (Lipinski definition) is 3. The number of benzene rings is 3. The predicted molar refractivity (Wildman–Crippen MR) is 130 cm³/mol. The van der Waals surface area contributed by atoms with Crippen LogP contribution in [0.2, 0.25) is 5.02 Å². The molecule has 0 heterocycles. The number of amides is 1. The van der Waals surface area contributed by atoms with Crippen molar-refractivity contribution < 1.29 is 23.5 Å². The highest BCUT2D eigenvalue weighted by atomic mass is 35.5. The van der Waals surface area contributed by atoms with Gasteiger partial charge in [-0.25, -0.2) is 0 Å². The van der Waals surface area contributed by atoms with E-state index in [2.05, 4.69) is 0 Å². The molecule has 0 unspecified atom stereocenters. The van der Waals surface area contributed by atoms with Crippen molar-refractivity contribution >= 4 is 29.0 Å².